The van der Waals surface area contributed by atoms with Crippen molar-refractivity contribution < 1.29 is 9.94 Å². The molecule has 1 aliphatic heterocycles. The Kier molecular flexibility index (Phi) is 3.04. The number of aliphatic hydroxyl groups excluding tert-OH is 1. The van der Waals surface area contributed by atoms with Crippen LogP contribution in [0.15, 0.2) is 24.4 Å². The van der Waals surface area contributed by atoms with Crippen LogP contribution in [-0.2, 0) is 17.8 Å². The third-order valence-corrected chi connectivity index (χ3v) is 2.59. The highest BCUT2D eigenvalue weighted by Crippen LogP contribution is 2.21. The van der Waals surface area contributed by atoms with Gasteiger partial charge >= 0.3 is 0 Å². The van der Waals surface area contributed by atoms with E-state index in [9.17, 15) is 0 Å². The molecule has 0 spiro atoms. The molecule has 1 aromatic carbocycles. The molecule has 0 radical (unpaired) electrons. The molecule has 3 nitrogen and oxygen atoms in total. The number of rotatable bonds is 3. The van der Waals surface area contributed by atoms with E-state index in [1.54, 1.807) is 12.2 Å². The van der Waals surface area contributed by atoms with Crippen LogP contribution in [0.5, 0.6) is 0 Å². The van der Waals surface area contributed by atoms with E-state index in [-0.39, 0.29) is 6.61 Å². The third-order valence-electron chi connectivity index (χ3n) is 2.59. The Morgan fingerprint density at radius 2 is 2.33 bits per heavy atom. The van der Waals surface area contributed by atoms with Gasteiger partial charge in [-0.25, -0.2) is 0 Å². The zero-order chi connectivity index (χ0) is 10.7. The number of benzene rings is 1. The molecule has 80 valence electrons. The normalized spacial score (nSPS) is 14.1. The lowest BCUT2D eigenvalue weighted by Gasteiger charge is -2.23. The van der Waals surface area contributed by atoms with E-state index in [4.69, 9.17) is 9.94 Å². The summed E-state index contributed by atoms with van der Waals surface area (Å²) in [6.45, 7) is 0.963. The highest BCUT2D eigenvalue weighted by Gasteiger charge is 2.10. The molecule has 0 bridgehead atoms. The van der Waals surface area contributed by atoms with Gasteiger partial charge in [0, 0.05) is 12.8 Å². The first-order valence-corrected chi connectivity index (χ1v) is 5.05. The summed E-state index contributed by atoms with van der Waals surface area (Å²) < 4.78 is 0. The largest absolute Gasteiger partial charge is 0.396 e. The molecule has 0 amide bonds. The fraction of sp³-hybridized carbons (Fsp3) is 0.333. The van der Waals surface area contributed by atoms with E-state index in [0.29, 0.717) is 6.42 Å². The zero-order valence-electron chi connectivity index (χ0n) is 8.81. The lowest BCUT2D eigenvalue weighted by atomic mass is 10.0. The Morgan fingerprint density at radius 1 is 1.47 bits per heavy atom. The van der Waals surface area contributed by atoms with Gasteiger partial charge in [-0.1, -0.05) is 18.2 Å². The molecule has 0 atom stereocenters. The highest BCUT2D eigenvalue weighted by atomic mass is 16.7. The molecule has 1 N–H and O–H groups in total. The van der Waals surface area contributed by atoms with Crippen molar-refractivity contribution in [1.29, 1.82) is 0 Å². The van der Waals surface area contributed by atoms with Crippen LogP contribution >= 0.6 is 0 Å². The number of hydrogen-bond acceptors (Lipinski definition) is 3. The average Bonchev–Trinajstić information content (AvgIpc) is 2.28. The van der Waals surface area contributed by atoms with Crippen LogP contribution in [0.25, 0.3) is 6.08 Å². The molecule has 0 saturated heterocycles. The molecule has 1 aliphatic rings. The lowest BCUT2D eigenvalue weighted by Crippen LogP contribution is -2.18. The van der Waals surface area contributed by atoms with Gasteiger partial charge in [0.05, 0.1) is 13.7 Å². The van der Waals surface area contributed by atoms with Gasteiger partial charge in [-0.2, -0.15) is 0 Å². The van der Waals surface area contributed by atoms with Crippen LogP contribution in [0.1, 0.15) is 16.7 Å². The van der Waals surface area contributed by atoms with E-state index in [0.717, 1.165) is 6.54 Å². The maximum atomic E-state index is 8.87. The predicted octanol–water partition coefficient (Wildman–Crippen LogP) is 1.57. The van der Waals surface area contributed by atoms with Gasteiger partial charge in [0.15, 0.2) is 0 Å². The molecule has 0 saturated carbocycles. The summed E-state index contributed by atoms with van der Waals surface area (Å²) in [6.07, 6.45) is 4.67. The second kappa shape index (κ2) is 4.47. The van der Waals surface area contributed by atoms with Crippen molar-refractivity contribution in [3.8, 4) is 0 Å². The minimum absolute atomic E-state index is 0.197. The van der Waals surface area contributed by atoms with Gasteiger partial charge in [-0.05, 0) is 29.2 Å². The summed E-state index contributed by atoms with van der Waals surface area (Å²) in [6, 6.07) is 6.27. The number of hydrogen-bond donors (Lipinski definition) is 1. The summed E-state index contributed by atoms with van der Waals surface area (Å²) >= 11 is 0. The molecular formula is C12H15NO2. The van der Waals surface area contributed by atoms with Gasteiger partial charge in [0.25, 0.3) is 0 Å². The summed E-state index contributed by atoms with van der Waals surface area (Å²) in [4.78, 5) is 5.14. The summed E-state index contributed by atoms with van der Waals surface area (Å²) in [5.74, 6) is 0. The van der Waals surface area contributed by atoms with Gasteiger partial charge < -0.3 is 5.11 Å². The third kappa shape index (κ3) is 2.19. The fourth-order valence-corrected chi connectivity index (χ4v) is 1.75. The van der Waals surface area contributed by atoms with Crippen molar-refractivity contribution in [1.82, 2.24) is 5.06 Å². The molecule has 15 heavy (non-hydrogen) atoms. The van der Waals surface area contributed by atoms with Crippen LogP contribution in [0, 0.1) is 0 Å². The molecule has 1 aromatic rings. The fourth-order valence-electron chi connectivity index (χ4n) is 1.75. The summed E-state index contributed by atoms with van der Waals surface area (Å²) in [5, 5.41) is 10.7. The maximum Gasteiger partial charge on any atom is 0.0705 e. The first-order valence-electron chi connectivity index (χ1n) is 5.05. The molecule has 2 rings (SSSR count). The van der Waals surface area contributed by atoms with Gasteiger partial charge in [0.2, 0.25) is 0 Å². The van der Waals surface area contributed by atoms with E-state index < -0.39 is 0 Å². The topological polar surface area (TPSA) is 32.7 Å². The monoisotopic (exact) mass is 205 g/mol. The van der Waals surface area contributed by atoms with Crippen LogP contribution in [0.4, 0.5) is 0 Å². The molecule has 0 unspecified atom stereocenters. The zero-order valence-corrected chi connectivity index (χ0v) is 8.81. The predicted molar refractivity (Wildman–Crippen MR) is 58.8 cm³/mol. The number of nitrogens with zero attached hydrogens (tertiary/aromatic N) is 1. The Hall–Kier alpha value is -1.32. The Bertz CT molecular complexity index is 374. The van der Waals surface area contributed by atoms with Crippen molar-refractivity contribution >= 4 is 6.08 Å². The van der Waals surface area contributed by atoms with E-state index in [1.807, 2.05) is 12.3 Å². The number of fused-ring (bicyclic) bond motifs is 1. The van der Waals surface area contributed by atoms with E-state index in [2.05, 4.69) is 18.2 Å². The molecule has 3 heteroatoms. The SMILES string of the molecule is CON1C=Cc2ccc(CCO)cc2C1. The van der Waals surface area contributed by atoms with Crippen molar-refractivity contribution in [2.24, 2.45) is 0 Å². The molecule has 1 heterocycles. The first-order chi connectivity index (χ1) is 7.33. The molecular weight excluding hydrogens is 190 g/mol. The van der Waals surface area contributed by atoms with Gasteiger partial charge in [-0.3, -0.25) is 9.90 Å². The Balaban J connectivity index is 2.25. The van der Waals surface area contributed by atoms with E-state index >= 15 is 0 Å². The van der Waals surface area contributed by atoms with Crippen LogP contribution < -0.4 is 0 Å². The highest BCUT2D eigenvalue weighted by molar-refractivity contribution is 5.56. The summed E-state index contributed by atoms with van der Waals surface area (Å²) in [5.41, 5.74) is 3.64. The minimum atomic E-state index is 0.197. The van der Waals surface area contributed by atoms with Crippen molar-refractivity contribution in [2.75, 3.05) is 13.7 Å². The number of hydroxylamine groups is 2. The smallest absolute Gasteiger partial charge is 0.0705 e. The maximum absolute atomic E-state index is 8.87. The minimum Gasteiger partial charge on any atom is -0.396 e. The van der Waals surface area contributed by atoms with Crippen molar-refractivity contribution in [3.05, 3.63) is 41.1 Å². The number of aliphatic hydroxyl groups is 1. The van der Waals surface area contributed by atoms with Crippen LogP contribution in [-0.4, -0.2) is 23.9 Å². The Labute approximate surface area is 89.5 Å². The van der Waals surface area contributed by atoms with E-state index in [1.165, 1.54) is 16.7 Å². The quantitative estimate of drug-likeness (QED) is 0.813. The second-order valence-electron chi connectivity index (χ2n) is 3.58. The lowest BCUT2D eigenvalue weighted by molar-refractivity contribution is -0.0954. The van der Waals surface area contributed by atoms with Crippen molar-refractivity contribution in [3.63, 3.8) is 0 Å². The van der Waals surface area contributed by atoms with Gasteiger partial charge in [-0.15, -0.1) is 0 Å². The van der Waals surface area contributed by atoms with Crippen molar-refractivity contribution in [2.45, 2.75) is 13.0 Å². The second-order valence-corrected chi connectivity index (χ2v) is 3.58. The average molecular weight is 205 g/mol. The standard InChI is InChI=1S/C12H15NO2/c1-15-13-6-4-11-3-2-10(5-7-14)8-12(11)9-13/h2-4,6,8,14H,5,7,9H2,1H3. The molecule has 0 fully saturated rings. The van der Waals surface area contributed by atoms with Crippen LogP contribution in [0.3, 0.4) is 0 Å². The summed E-state index contributed by atoms with van der Waals surface area (Å²) in [7, 11) is 1.66. The molecule has 0 aliphatic carbocycles. The first kappa shape index (κ1) is 10.2. The van der Waals surface area contributed by atoms with Gasteiger partial charge in [0.1, 0.15) is 0 Å². The molecule has 0 aromatic heterocycles. The Morgan fingerprint density at radius 3 is 3.07 bits per heavy atom. The van der Waals surface area contributed by atoms with Crippen LogP contribution in [0.2, 0.25) is 0 Å².